The maximum Gasteiger partial charge on any atom is 0.488 e. The second-order valence-corrected chi connectivity index (χ2v) is 9.76. The molecule has 1 aliphatic rings. The monoisotopic (exact) mass is 499 g/mol. The van der Waals surface area contributed by atoms with E-state index in [0.717, 1.165) is 28.2 Å². The molecule has 0 radical (unpaired) electrons. The highest BCUT2D eigenvalue weighted by Crippen LogP contribution is 2.50. The molecule has 3 aromatic carbocycles. The molecular weight excluding hydrogens is 465 g/mol. The third-order valence-corrected chi connectivity index (χ3v) is 7.19. The molecular formula is C34H34BNO2. The van der Waals surface area contributed by atoms with Crippen molar-refractivity contribution >= 4 is 24.0 Å². The fourth-order valence-corrected chi connectivity index (χ4v) is 5.21. The number of anilines is 2. The SMILES string of the molecule is C=CC(=C(\C=C)N(c1ccc(B(O)O)cc1)c1ccc2c(c1)C(C)(C)c1ccccc1-2)/C(C=C)=C/C=C\C. The molecule has 1 aliphatic carbocycles. The molecule has 3 aromatic rings. The Morgan fingerprint density at radius 2 is 1.47 bits per heavy atom. The van der Waals surface area contributed by atoms with E-state index in [1.165, 1.54) is 22.3 Å². The largest absolute Gasteiger partial charge is 0.488 e. The smallest absolute Gasteiger partial charge is 0.423 e. The third kappa shape index (κ3) is 4.77. The molecule has 0 bridgehead atoms. The van der Waals surface area contributed by atoms with Gasteiger partial charge < -0.3 is 14.9 Å². The van der Waals surface area contributed by atoms with Gasteiger partial charge in [0.1, 0.15) is 0 Å². The van der Waals surface area contributed by atoms with E-state index in [1.807, 2.05) is 55.5 Å². The fourth-order valence-electron chi connectivity index (χ4n) is 5.21. The van der Waals surface area contributed by atoms with Crippen molar-refractivity contribution in [2.24, 2.45) is 0 Å². The van der Waals surface area contributed by atoms with Crippen LogP contribution >= 0.6 is 0 Å². The Labute approximate surface area is 226 Å². The van der Waals surface area contributed by atoms with Gasteiger partial charge in [-0.1, -0.05) is 106 Å². The lowest BCUT2D eigenvalue weighted by molar-refractivity contribution is 0.426. The van der Waals surface area contributed by atoms with Crippen LogP contribution in [0.2, 0.25) is 0 Å². The predicted octanol–water partition coefficient (Wildman–Crippen LogP) is 7.13. The Bertz CT molecular complexity index is 1470. The van der Waals surface area contributed by atoms with Crippen LogP contribution in [0.25, 0.3) is 11.1 Å². The van der Waals surface area contributed by atoms with Crippen LogP contribution in [-0.2, 0) is 5.41 Å². The molecule has 0 unspecified atom stereocenters. The van der Waals surface area contributed by atoms with Crippen molar-refractivity contribution in [2.75, 3.05) is 4.90 Å². The van der Waals surface area contributed by atoms with Gasteiger partial charge in [-0.05, 0) is 70.6 Å². The minimum absolute atomic E-state index is 0.157. The summed E-state index contributed by atoms with van der Waals surface area (Å²) in [5.41, 5.74) is 9.77. The van der Waals surface area contributed by atoms with Gasteiger partial charge in [-0.15, -0.1) is 0 Å². The van der Waals surface area contributed by atoms with Crippen molar-refractivity contribution in [3.8, 4) is 11.1 Å². The first-order valence-electron chi connectivity index (χ1n) is 12.7. The fraction of sp³-hybridized carbons (Fsp3) is 0.118. The van der Waals surface area contributed by atoms with Crippen LogP contribution in [0.1, 0.15) is 31.9 Å². The summed E-state index contributed by atoms with van der Waals surface area (Å²) in [5, 5.41) is 19.3. The summed E-state index contributed by atoms with van der Waals surface area (Å²) in [4.78, 5) is 2.13. The topological polar surface area (TPSA) is 43.7 Å². The average molecular weight is 499 g/mol. The first kappa shape index (κ1) is 26.9. The number of hydrogen-bond acceptors (Lipinski definition) is 3. The van der Waals surface area contributed by atoms with E-state index in [-0.39, 0.29) is 5.41 Å². The highest BCUT2D eigenvalue weighted by atomic mass is 16.4. The summed E-state index contributed by atoms with van der Waals surface area (Å²) in [6.07, 6.45) is 11.4. The van der Waals surface area contributed by atoms with Crippen LogP contribution in [-0.4, -0.2) is 17.2 Å². The maximum absolute atomic E-state index is 9.67. The number of hydrogen-bond donors (Lipinski definition) is 2. The molecule has 0 spiro atoms. The summed E-state index contributed by atoms with van der Waals surface area (Å²) >= 11 is 0. The predicted molar refractivity (Wildman–Crippen MR) is 163 cm³/mol. The number of allylic oxidation sites excluding steroid dienone is 8. The van der Waals surface area contributed by atoms with Crippen LogP contribution in [0.5, 0.6) is 0 Å². The van der Waals surface area contributed by atoms with Crippen molar-refractivity contribution in [1.29, 1.82) is 0 Å². The van der Waals surface area contributed by atoms with E-state index in [9.17, 15) is 10.0 Å². The molecule has 0 amide bonds. The molecule has 190 valence electrons. The van der Waals surface area contributed by atoms with E-state index in [4.69, 9.17) is 0 Å². The van der Waals surface area contributed by atoms with Gasteiger partial charge in [0.2, 0.25) is 0 Å². The standard InChI is InChI=1S/C34H34BNO2/c1-7-11-14-24(8-2)28(9-3)33(10-4)36(26-19-17-25(18-20-26)35(37)38)27-21-22-30-29-15-12-13-16-31(29)34(5,6)32(30)23-27/h7-23,37-38H,2-4H2,1,5-6H3/b11-7-,24-14+,33-28-. The van der Waals surface area contributed by atoms with Gasteiger partial charge in [-0.3, -0.25) is 0 Å². The second-order valence-electron chi connectivity index (χ2n) is 9.76. The maximum atomic E-state index is 9.67. The molecule has 0 heterocycles. The van der Waals surface area contributed by atoms with Gasteiger partial charge in [-0.2, -0.15) is 0 Å². The molecule has 0 aromatic heterocycles. The molecule has 0 atom stereocenters. The lowest BCUT2D eigenvalue weighted by Crippen LogP contribution is -2.29. The zero-order valence-electron chi connectivity index (χ0n) is 22.4. The molecule has 38 heavy (non-hydrogen) atoms. The quantitative estimate of drug-likeness (QED) is 0.243. The van der Waals surface area contributed by atoms with Gasteiger partial charge in [0, 0.05) is 22.4 Å². The summed E-state index contributed by atoms with van der Waals surface area (Å²) in [6, 6.07) is 22.4. The lowest BCUT2D eigenvalue weighted by Gasteiger charge is -2.30. The van der Waals surface area contributed by atoms with E-state index in [2.05, 4.69) is 80.9 Å². The first-order valence-corrected chi connectivity index (χ1v) is 12.7. The summed E-state index contributed by atoms with van der Waals surface area (Å²) < 4.78 is 0. The highest BCUT2D eigenvalue weighted by Gasteiger charge is 2.35. The number of rotatable bonds is 9. The van der Waals surface area contributed by atoms with E-state index in [1.54, 1.807) is 12.1 Å². The van der Waals surface area contributed by atoms with Gasteiger partial charge >= 0.3 is 7.12 Å². The van der Waals surface area contributed by atoms with E-state index in [0.29, 0.717) is 5.46 Å². The minimum atomic E-state index is -1.54. The van der Waals surface area contributed by atoms with E-state index >= 15 is 0 Å². The van der Waals surface area contributed by atoms with Crippen LogP contribution < -0.4 is 10.4 Å². The Kier molecular flexibility index (Phi) is 7.87. The molecule has 2 N–H and O–H groups in total. The molecule has 0 aliphatic heterocycles. The Morgan fingerprint density at radius 1 is 0.816 bits per heavy atom. The molecule has 4 rings (SSSR count). The van der Waals surface area contributed by atoms with Crippen molar-refractivity contribution in [3.05, 3.63) is 151 Å². The summed E-state index contributed by atoms with van der Waals surface area (Å²) in [7, 11) is -1.54. The average Bonchev–Trinajstić information content (AvgIpc) is 3.16. The molecule has 0 fully saturated rings. The van der Waals surface area contributed by atoms with Crippen molar-refractivity contribution < 1.29 is 10.0 Å². The molecule has 0 saturated heterocycles. The Morgan fingerprint density at radius 3 is 2.08 bits per heavy atom. The van der Waals surface area contributed by atoms with Crippen LogP contribution in [0, 0.1) is 0 Å². The van der Waals surface area contributed by atoms with Gasteiger partial charge in [0.25, 0.3) is 0 Å². The highest BCUT2D eigenvalue weighted by molar-refractivity contribution is 6.58. The minimum Gasteiger partial charge on any atom is -0.423 e. The van der Waals surface area contributed by atoms with Crippen molar-refractivity contribution in [3.63, 3.8) is 0 Å². The summed E-state index contributed by atoms with van der Waals surface area (Å²) in [5.74, 6) is 0. The third-order valence-electron chi connectivity index (χ3n) is 7.19. The summed E-state index contributed by atoms with van der Waals surface area (Å²) in [6.45, 7) is 18.8. The molecule has 0 saturated carbocycles. The number of fused-ring (bicyclic) bond motifs is 3. The molecule has 3 nitrogen and oxygen atoms in total. The van der Waals surface area contributed by atoms with Crippen molar-refractivity contribution in [2.45, 2.75) is 26.2 Å². The van der Waals surface area contributed by atoms with Gasteiger partial charge in [0.05, 0.1) is 5.70 Å². The zero-order chi connectivity index (χ0) is 27.4. The van der Waals surface area contributed by atoms with Crippen LogP contribution in [0.15, 0.2) is 140 Å². The van der Waals surface area contributed by atoms with Gasteiger partial charge in [-0.25, -0.2) is 0 Å². The van der Waals surface area contributed by atoms with Gasteiger partial charge in [0.15, 0.2) is 0 Å². The number of nitrogens with zero attached hydrogens (tertiary/aromatic N) is 1. The molecule has 4 heteroatoms. The van der Waals surface area contributed by atoms with Crippen LogP contribution in [0.3, 0.4) is 0 Å². The Hall–Kier alpha value is -4.12. The first-order chi connectivity index (χ1) is 18.3. The normalized spacial score (nSPS) is 14.4. The zero-order valence-corrected chi connectivity index (χ0v) is 22.4. The Balaban J connectivity index is 1.99. The van der Waals surface area contributed by atoms with Crippen LogP contribution in [0.4, 0.5) is 11.4 Å². The lowest BCUT2D eigenvalue weighted by atomic mass is 9.80. The second kappa shape index (κ2) is 11.1. The number of benzene rings is 3. The van der Waals surface area contributed by atoms with Crippen molar-refractivity contribution in [1.82, 2.24) is 0 Å². The van der Waals surface area contributed by atoms with E-state index < -0.39 is 7.12 Å².